The summed E-state index contributed by atoms with van der Waals surface area (Å²) >= 11 is 0. The zero-order valence-electron chi connectivity index (χ0n) is 9.28. The third-order valence-electron chi connectivity index (χ3n) is 2.52. The number of hydrogen-bond acceptors (Lipinski definition) is 6. The molecule has 1 atom stereocenters. The van der Waals surface area contributed by atoms with Gasteiger partial charge in [-0.05, 0) is 0 Å². The van der Waals surface area contributed by atoms with Crippen LogP contribution in [-0.2, 0) is 6.54 Å². The summed E-state index contributed by atoms with van der Waals surface area (Å²) in [5.41, 5.74) is 12.4. The maximum atomic E-state index is 8.58. The number of oxime groups is 1. The van der Waals surface area contributed by atoms with E-state index in [9.17, 15) is 0 Å². The number of hydrogen-bond donors (Lipinski definition) is 3. The lowest BCUT2D eigenvalue weighted by Crippen LogP contribution is -2.25. The summed E-state index contributed by atoms with van der Waals surface area (Å²) < 4.78 is 1.79. The fraction of sp³-hybridized carbons (Fsp3) is 0.333. The van der Waals surface area contributed by atoms with E-state index in [-0.39, 0.29) is 11.8 Å². The van der Waals surface area contributed by atoms with Gasteiger partial charge in [0.2, 0.25) is 0 Å². The van der Waals surface area contributed by atoms with E-state index in [1.54, 1.807) is 10.9 Å². The number of nitrogens with zero attached hydrogens (tertiary/aromatic N) is 5. The number of rotatable bonds is 3. The van der Waals surface area contributed by atoms with Crippen molar-refractivity contribution in [1.82, 2.24) is 19.5 Å². The van der Waals surface area contributed by atoms with Gasteiger partial charge in [-0.2, -0.15) is 0 Å². The first-order chi connectivity index (χ1) is 8.13. The second-order valence-electron chi connectivity index (χ2n) is 3.75. The first-order valence-corrected chi connectivity index (χ1v) is 5.02. The lowest BCUT2D eigenvalue weighted by atomic mass is 10.1. The molecular formula is C9H13N7O. The summed E-state index contributed by atoms with van der Waals surface area (Å²) in [6.07, 6.45) is 2.99. The van der Waals surface area contributed by atoms with E-state index in [1.807, 2.05) is 6.92 Å². The van der Waals surface area contributed by atoms with Crippen LogP contribution in [0.25, 0.3) is 11.2 Å². The molecule has 2 heterocycles. The Morgan fingerprint density at radius 1 is 1.53 bits per heavy atom. The van der Waals surface area contributed by atoms with Crippen molar-refractivity contribution in [3.63, 3.8) is 0 Å². The smallest absolute Gasteiger partial charge is 0.165 e. The van der Waals surface area contributed by atoms with Crippen LogP contribution >= 0.6 is 0 Å². The summed E-state index contributed by atoms with van der Waals surface area (Å²) in [5, 5.41) is 11.6. The highest BCUT2D eigenvalue weighted by Gasteiger charge is 2.13. The van der Waals surface area contributed by atoms with Crippen molar-refractivity contribution in [3.8, 4) is 0 Å². The van der Waals surface area contributed by atoms with E-state index < -0.39 is 0 Å². The molecule has 0 fully saturated rings. The molecule has 0 aliphatic carbocycles. The zero-order valence-corrected chi connectivity index (χ0v) is 9.28. The van der Waals surface area contributed by atoms with Crippen LogP contribution in [0.15, 0.2) is 17.8 Å². The van der Waals surface area contributed by atoms with Gasteiger partial charge in [-0.15, -0.1) is 0 Å². The van der Waals surface area contributed by atoms with Gasteiger partial charge >= 0.3 is 0 Å². The maximum Gasteiger partial charge on any atom is 0.165 e. The topological polar surface area (TPSA) is 128 Å². The zero-order chi connectivity index (χ0) is 12.4. The fourth-order valence-corrected chi connectivity index (χ4v) is 1.52. The second kappa shape index (κ2) is 4.24. The molecule has 17 heavy (non-hydrogen) atoms. The maximum absolute atomic E-state index is 8.58. The molecule has 5 N–H and O–H groups in total. The molecule has 0 radical (unpaired) electrons. The normalized spacial score (nSPS) is 14.1. The Morgan fingerprint density at radius 3 is 3.00 bits per heavy atom. The highest BCUT2D eigenvalue weighted by Crippen LogP contribution is 2.15. The van der Waals surface area contributed by atoms with Crippen molar-refractivity contribution < 1.29 is 5.21 Å². The minimum Gasteiger partial charge on any atom is -0.409 e. The minimum atomic E-state index is -0.131. The van der Waals surface area contributed by atoms with E-state index in [4.69, 9.17) is 16.7 Å². The van der Waals surface area contributed by atoms with Crippen LogP contribution in [0.2, 0.25) is 0 Å². The van der Waals surface area contributed by atoms with Gasteiger partial charge in [0.25, 0.3) is 0 Å². The van der Waals surface area contributed by atoms with E-state index >= 15 is 0 Å². The van der Waals surface area contributed by atoms with E-state index in [1.165, 1.54) is 6.33 Å². The first-order valence-electron chi connectivity index (χ1n) is 5.02. The first kappa shape index (κ1) is 11.1. The monoisotopic (exact) mass is 235 g/mol. The number of imidazole rings is 1. The van der Waals surface area contributed by atoms with Crippen molar-refractivity contribution in [3.05, 3.63) is 12.7 Å². The third kappa shape index (κ3) is 1.96. The number of anilines is 1. The largest absolute Gasteiger partial charge is 0.409 e. The SMILES string of the molecule is CC(Cn1cnc2c(N)ncnc21)C(N)=NO. The van der Waals surface area contributed by atoms with Crippen molar-refractivity contribution in [2.24, 2.45) is 16.8 Å². The number of nitrogens with two attached hydrogens (primary N) is 2. The Bertz CT molecular complexity index is 561. The van der Waals surface area contributed by atoms with Crippen LogP contribution < -0.4 is 11.5 Å². The van der Waals surface area contributed by atoms with Gasteiger partial charge in [0.15, 0.2) is 11.5 Å². The molecular weight excluding hydrogens is 222 g/mol. The van der Waals surface area contributed by atoms with Gasteiger partial charge in [0.1, 0.15) is 17.7 Å². The molecule has 0 spiro atoms. The van der Waals surface area contributed by atoms with Crippen molar-refractivity contribution >= 4 is 22.8 Å². The van der Waals surface area contributed by atoms with Crippen LogP contribution in [0.5, 0.6) is 0 Å². The number of amidine groups is 1. The Labute approximate surface area is 97.0 Å². The van der Waals surface area contributed by atoms with E-state index in [0.717, 1.165) is 0 Å². The number of fused-ring (bicyclic) bond motifs is 1. The average molecular weight is 235 g/mol. The van der Waals surface area contributed by atoms with Gasteiger partial charge < -0.3 is 21.2 Å². The molecule has 2 aromatic heterocycles. The summed E-state index contributed by atoms with van der Waals surface area (Å²) in [5.74, 6) is 0.368. The van der Waals surface area contributed by atoms with Gasteiger partial charge in [-0.3, -0.25) is 0 Å². The number of nitrogen functional groups attached to an aromatic ring is 1. The summed E-state index contributed by atoms with van der Waals surface area (Å²) in [6, 6.07) is 0. The predicted molar refractivity (Wildman–Crippen MR) is 62.3 cm³/mol. The molecule has 0 aliphatic heterocycles. The van der Waals surface area contributed by atoms with Crippen LogP contribution in [0.1, 0.15) is 6.92 Å². The van der Waals surface area contributed by atoms with E-state index in [2.05, 4.69) is 20.1 Å². The molecule has 2 rings (SSSR count). The van der Waals surface area contributed by atoms with Crippen LogP contribution in [0.3, 0.4) is 0 Å². The third-order valence-corrected chi connectivity index (χ3v) is 2.52. The Balaban J connectivity index is 2.34. The fourth-order valence-electron chi connectivity index (χ4n) is 1.52. The van der Waals surface area contributed by atoms with Crippen molar-refractivity contribution in [2.75, 3.05) is 5.73 Å². The minimum absolute atomic E-state index is 0.131. The predicted octanol–water partition coefficient (Wildman–Crippen LogP) is -0.209. The standard InChI is InChI=1S/C9H13N7O/c1-5(7(10)15-17)2-16-4-14-6-8(11)12-3-13-9(6)16/h3-5,17H,2H2,1H3,(H2,10,15)(H2,11,12,13). The van der Waals surface area contributed by atoms with Crippen LogP contribution in [-0.4, -0.2) is 30.6 Å². The Kier molecular flexibility index (Phi) is 2.77. The molecule has 0 aliphatic rings. The van der Waals surface area contributed by atoms with Gasteiger partial charge in [-0.1, -0.05) is 12.1 Å². The molecule has 1 unspecified atom stereocenters. The Hall–Kier alpha value is -2.38. The molecule has 0 amide bonds. The molecule has 0 bridgehead atoms. The summed E-state index contributed by atoms with van der Waals surface area (Å²) in [6.45, 7) is 2.34. The number of aromatic nitrogens is 4. The average Bonchev–Trinajstić information content (AvgIpc) is 2.73. The quantitative estimate of drug-likeness (QED) is 0.292. The lowest BCUT2D eigenvalue weighted by Gasteiger charge is -2.10. The molecule has 90 valence electrons. The van der Waals surface area contributed by atoms with Crippen LogP contribution in [0, 0.1) is 5.92 Å². The van der Waals surface area contributed by atoms with Crippen molar-refractivity contribution in [2.45, 2.75) is 13.5 Å². The highest BCUT2D eigenvalue weighted by molar-refractivity contribution is 5.83. The van der Waals surface area contributed by atoms with E-state index in [0.29, 0.717) is 23.5 Å². The van der Waals surface area contributed by atoms with Crippen molar-refractivity contribution in [1.29, 1.82) is 0 Å². The van der Waals surface area contributed by atoms with Gasteiger partial charge in [0, 0.05) is 12.5 Å². The lowest BCUT2D eigenvalue weighted by molar-refractivity contribution is 0.313. The molecule has 8 heteroatoms. The van der Waals surface area contributed by atoms with Crippen LogP contribution in [0.4, 0.5) is 5.82 Å². The molecule has 0 saturated heterocycles. The molecule has 0 aromatic carbocycles. The summed E-state index contributed by atoms with van der Waals surface area (Å²) in [7, 11) is 0. The molecule has 2 aromatic rings. The molecule has 8 nitrogen and oxygen atoms in total. The highest BCUT2D eigenvalue weighted by atomic mass is 16.4. The van der Waals surface area contributed by atoms with Gasteiger partial charge in [-0.25, -0.2) is 15.0 Å². The summed E-state index contributed by atoms with van der Waals surface area (Å²) in [4.78, 5) is 12.1. The van der Waals surface area contributed by atoms with Gasteiger partial charge in [0.05, 0.1) is 6.33 Å². The molecule has 0 saturated carbocycles. The second-order valence-corrected chi connectivity index (χ2v) is 3.75. The Morgan fingerprint density at radius 2 is 2.29 bits per heavy atom.